The van der Waals surface area contributed by atoms with Gasteiger partial charge in [0.25, 0.3) is 5.91 Å². The smallest absolute Gasteiger partial charge is 0.258 e. The molecule has 1 aliphatic heterocycles. The minimum atomic E-state index is -0.829. The van der Waals surface area contributed by atoms with Crippen LogP contribution in [0.2, 0.25) is 0 Å². The molecule has 1 N–H and O–H groups in total. The summed E-state index contributed by atoms with van der Waals surface area (Å²) in [5.74, 6) is -2.02. The van der Waals surface area contributed by atoms with Crippen molar-refractivity contribution in [2.45, 2.75) is 6.04 Å². The third kappa shape index (κ3) is 3.13. The van der Waals surface area contributed by atoms with Gasteiger partial charge in [0.05, 0.1) is 19.3 Å². The van der Waals surface area contributed by atoms with E-state index in [4.69, 9.17) is 9.47 Å². The van der Waals surface area contributed by atoms with E-state index in [0.717, 1.165) is 12.1 Å². The Kier molecular flexibility index (Phi) is 3.53. The summed E-state index contributed by atoms with van der Waals surface area (Å²) in [6.45, 7) is 0.659. The molecule has 17 heavy (non-hydrogen) atoms. The van der Waals surface area contributed by atoms with Gasteiger partial charge in [-0.1, -0.05) is 0 Å². The van der Waals surface area contributed by atoms with Crippen molar-refractivity contribution in [1.29, 1.82) is 0 Å². The van der Waals surface area contributed by atoms with Crippen LogP contribution in [0.4, 0.5) is 8.78 Å². The zero-order chi connectivity index (χ0) is 12.3. The second-order valence-corrected chi connectivity index (χ2v) is 3.67. The molecule has 1 aromatic rings. The standard InChI is InChI=1S/C11H11F2NO3/c12-7-1-2-10(9(13)3-7)17-6-11(15)14-8-4-16-5-8/h1-3,8H,4-6H2,(H,14,15). The van der Waals surface area contributed by atoms with Gasteiger partial charge in [-0.2, -0.15) is 0 Å². The summed E-state index contributed by atoms with van der Waals surface area (Å²) in [5, 5.41) is 2.63. The van der Waals surface area contributed by atoms with Crippen molar-refractivity contribution in [3.63, 3.8) is 0 Å². The number of hydrogen-bond acceptors (Lipinski definition) is 3. The summed E-state index contributed by atoms with van der Waals surface area (Å²) in [6, 6.07) is 2.91. The van der Waals surface area contributed by atoms with Crippen molar-refractivity contribution in [2.24, 2.45) is 0 Å². The van der Waals surface area contributed by atoms with Crippen LogP contribution in [0, 0.1) is 11.6 Å². The molecular weight excluding hydrogens is 232 g/mol. The van der Waals surface area contributed by atoms with Gasteiger partial charge in [-0.25, -0.2) is 8.78 Å². The maximum atomic E-state index is 13.1. The van der Waals surface area contributed by atoms with E-state index in [2.05, 4.69) is 5.32 Å². The Morgan fingerprint density at radius 3 is 2.82 bits per heavy atom. The SMILES string of the molecule is O=C(COc1ccc(F)cc1F)NC1COC1. The summed E-state index contributed by atoms with van der Waals surface area (Å²) in [6.07, 6.45) is 0. The lowest BCUT2D eigenvalue weighted by Crippen LogP contribution is -2.49. The molecule has 0 atom stereocenters. The Hall–Kier alpha value is -1.69. The summed E-state index contributed by atoms with van der Waals surface area (Å²) >= 11 is 0. The van der Waals surface area contributed by atoms with Crippen molar-refractivity contribution < 1.29 is 23.0 Å². The molecule has 0 aliphatic carbocycles. The fourth-order valence-electron chi connectivity index (χ4n) is 1.32. The first-order chi connectivity index (χ1) is 8.15. The largest absolute Gasteiger partial charge is 0.481 e. The number of benzene rings is 1. The molecule has 1 saturated heterocycles. The van der Waals surface area contributed by atoms with Gasteiger partial charge in [0.15, 0.2) is 18.2 Å². The number of amides is 1. The maximum absolute atomic E-state index is 13.1. The zero-order valence-electron chi connectivity index (χ0n) is 8.91. The van der Waals surface area contributed by atoms with Crippen molar-refractivity contribution in [3.05, 3.63) is 29.8 Å². The van der Waals surface area contributed by atoms with E-state index >= 15 is 0 Å². The Balaban J connectivity index is 1.82. The highest BCUT2D eigenvalue weighted by molar-refractivity contribution is 5.77. The minimum Gasteiger partial charge on any atom is -0.481 e. The molecule has 0 aromatic heterocycles. The first-order valence-corrected chi connectivity index (χ1v) is 5.10. The molecule has 1 fully saturated rings. The van der Waals surface area contributed by atoms with Gasteiger partial charge in [-0.05, 0) is 12.1 Å². The molecule has 1 amide bonds. The van der Waals surface area contributed by atoms with Gasteiger partial charge >= 0.3 is 0 Å². The van der Waals surface area contributed by atoms with Gasteiger partial charge in [0.2, 0.25) is 0 Å². The Morgan fingerprint density at radius 1 is 1.47 bits per heavy atom. The molecule has 0 saturated carbocycles. The average Bonchev–Trinajstić information content (AvgIpc) is 2.22. The van der Waals surface area contributed by atoms with E-state index in [1.165, 1.54) is 0 Å². The van der Waals surface area contributed by atoms with Gasteiger partial charge < -0.3 is 14.8 Å². The molecule has 0 unspecified atom stereocenters. The fourth-order valence-corrected chi connectivity index (χ4v) is 1.32. The maximum Gasteiger partial charge on any atom is 0.258 e. The van der Waals surface area contributed by atoms with Gasteiger partial charge in [0.1, 0.15) is 5.82 Å². The third-order valence-corrected chi connectivity index (χ3v) is 2.26. The van der Waals surface area contributed by atoms with Gasteiger partial charge in [-0.15, -0.1) is 0 Å². The number of rotatable bonds is 4. The molecular formula is C11H11F2NO3. The molecule has 1 aliphatic rings. The number of carbonyl (C=O) groups is 1. The van der Waals surface area contributed by atoms with E-state index in [0.29, 0.717) is 19.3 Å². The van der Waals surface area contributed by atoms with Crippen LogP contribution in [0.1, 0.15) is 0 Å². The quantitative estimate of drug-likeness (QED) is 0.853. The summed E-state index contributed by atoms with van der Waals surface area (Å²) in [4.78, 5) is 11.3. The Morgan fingerprint density at radius 2 is 2.24 bits per heavy atom. The fraction of sp³-hybridized carbons (Fsp3) is 0.364. The normalized spacial score (nSPS) is 15.2. The van der Waals surface area contributed by atoms with Crippen LogP contribution in [-0.4, -0.2) is 31.8 Å². The molecule has 6 heteroatoms. The van der Waals surface area contributed by atoms with E-state index in [9.17, 15) is 13.6 Å². The first-order valence-electron chi connectivity index (χ1n) is 5.10. The van der Waals surface area contributed by atoms with Crippen LogP contribution in [0.3, 0.4) is 0 Å². The number of hydrogen-bond donors (Lipinski definition) is 1. The summed E-state index contributed by atoms with van der Waals surface area (Å²) < 4.78 is 35.5. The third-order valence-electron chi connectivity index (χ3n) is 2.26. The Bertz CT molecular complexity index is 421. The van der Waals surface area contributed by atoms with Gasteiger partial charge in [-0.3, -0.25) is 4.79 Å². The molecule has 92 valence electrons. The average molecular weight is 243 g/mol. The molecule has 1 heterocycles. The first kappa shape index (κ1) is 11.8. The number of ether oxygens (including phenoxy) is 2. The monoisotopic (exact) mass is 243 g/mol. The van der Waals surface area contributed by atoms with Crippen molar-refractivity contribution >= 4 is 5.91 Å². The Labute approximate surface area is 96.5 Å². The highest BCUT2D eigenvalue weighted by Crippen LogP contribution is 2.17. The van der Waals surface area contributed by atoms with E-state index in [-0.39, 0.29) is 24.3 Å². The van der Waals surface area contributed by atoms with E-state index in [1.54, 1.807) is 0 Å². The molecule has 2 rings (SSSR count). The van der Waals surface area contributed by atoms with Crippen LogP contribution in [0.5, 0.6) is 5.75 Å². The molecule has 1 aromatic carbocycles. The lowest BCUT2D eigenvalue weighted by Gasteiger charge is -2.26. The van der Waals surface area contributed by atoms with Crippen molar-refractivity contribution in [1.82, 2.24) is 5.32 Å². The number of carbonyl (C=O) groups excluding carboxylic acids is 1. The van der Waals surface area contributed by atoms with Crippen LogP contribution < -0.4 is 10.1 Å². The van der Waals surface area contributed by atoms with E-state index < -0.39 is 11.6 Å². The topological polar surface area (TPSA) is 47.6 Å². The van der Waals surface area contributed by atoms with E-state index in [1.807, 2.05) is 0 Å². The zero-order valence-corrected chi connectivity index (χ0v) is 8.91. The van der Waals surface area contributed by atoms with Crippen LogP contribution in [0.25, 0.3) is 0 Å². The highest BCUT2D eigenvalue weighted by Gasteiger charge is 2.20. The lowest BCUT2D eigenvalue weighted by atomic mass is 10.2. The summed E-state index contributed by atoms with van der Waals surface area (Å²) in [5.41, 5.74) is 0. The van der Waals surface area contributed by atoms with Crippen LogP contribution in [-0.2, 0) is 9.53 Å². The molecule has 4 nitrogen and oxygen atoms in total. The number of nitrogens with one attached hydrogen (secondary N) is 1. The molecule has 0 radical (unpaired) electrons. The van der Waals surface area contributed by atoms with Crippen LogP contribution >= 0.6 is 0 Å². The van der Waals surface area contributed by atoms with Crippen molar-refractivity contribution in [2.75, 3.05) is 19.8 Å². The predicted octanol–water partition coefficient (Wildman–Crippen LogP) is 0.859. The van der Waals surface area contributed by atoms with Crippen molar-refractivity contribution in [3.8, 4) is 5.75 Å². The second-order valence-electron chi connectivity index (χ2n) is 3.67. The van der Waals surface area contributed by atoms with Gasteiger partial charge in [0, 0.05) is 6.07 Å². The van der Waals surface area contributed by atoms with Crippen LogP contribution in [0.15, 0.2) is 18.2 Å². The second kappa shape index (κ2) is 5.09. The molecule has 0 bridgehead atoms. The minimum absolute atomic E-state index is 0.00386. The lowest BCUT2D eigenvalue weighted by molar-refractivity contribution is -0.127. The predicted molar refractivity (Wildman–Crippen MR) is 54.6 cm³/mol. The summed E-state index contributed by atoms with van der Waals surface area (Å²) in [7, 11) is 0. The highest BCUT2D eigenvalue weighted by atomic mass is 19.1. The number of halogens is 2. The molecule has 0 spiro atoms.